The average molecular weight is 511 g/mol. The molecule has 2 unspecified atom stereocenters. The van der Waals surface area contributed by atoms with Gasteiger partial charge in [-0.15, -0.1) is 0 Å². The minimum Gasteiger partial charge on any atom is -0.494 e. The van der Waals surface area contributed by atoms with Gasteiger partial charge in [-0.2, -0.15) is 5.26 Å². The van der Waals surface area contributed by atoms with Crippen molar-refractivity contribution in [3.63, 3.8) is 0 Å². The minimum absolute atomic E-state index is 0.166. The van der Waals surface area contributed by atoms with Crippen LogP contribution < -0.4 is 9.82 Å². The van der Waals surface area contributed by atoms with Gasteiger partial charge >= 0.3 is 5.97 Å². The van der Waals surface area contributed by atoms with Crippen LogP contribution in [0.2, 0.25) is 0 Å². The Balaban J connectivity index is 1.79. The van der Waals surface area contributed by atoms with E-state index in [1.807, 2.05) is 6.07 Å². The lowest BCUT2D eigenvalue weighted by molar-refractivity contribution is -0.149. The highest BCUT2D eigenvalue weighted by Crippen LogP contribution is 2.50. The molecule has 0 radical (unpaired) electrons. The van der Waals surface area contributed by atoms with Gasteiger partial charge in [0.25, 0.3) is 7.52 Å². The topological polar surface area (TPSA) is 138 Å². The number of esters is 1. The molecule has 0 spiro atoms. The smallest absolute Gasteiger partial charge is 0.323 e. The summed E-state index contributed by atoms with van der Waals surface area (Å²) in [5.74, 6) is -0.0964. The van der Waals surface area contributed by atoms with E-state index in [1.165, 1.54) is 37.8 Å². The summed E-state index contributed by atoms with van der Waals surface area (Å²) in [4.78, 5) is 20.6. The van der Waals surface area contributed by atoms with Crippen LogP contribution in [-0.4, -0.2) is 65.3 Å². The number of nitrogens with one attached hydrogen (secondary N) is 1. The number of halogens is 1. The average Bonchev–Trinajstić information content (AvgIpc) is 3.31. The zero-order valence-electron chi connectivity index (χ0n) is 20.6. The molecule has 1 N–H and O–H groups in total. The number of carbonyl (C=O) groups is 1. The maximum absolute atomic E-state index is 15.8. The first kappa shape index (κ1) is 27.0. The number of imidazole rings is 1. The maximum Gasteiger partial charge on any atom is 0.323 e. The van der Waals surface area contributed by atoms with E-state index < -0.39 is 43.4 Å². The van der Waals surface area contributed by atoms with Crippen LogP contribution in [0.15, 0.2) is 18.6 Å². The van der Waals surface area contributed by atoms with Crippen molar-refractivity contribution in [3.05, 3.63) is 18.6 Å². The van der Waals surface area contributed by atoms with Crippen LogP contribution in [0, 0.1) is 16.7 Å². The molecule has 192 valence electrons. The summed E-state index contributed by atoms with van der Waals surface area (Å²) in [6.45, 7) is 7.55. The van der Waals surface area contributed by atoms with E-state index >= 15 is 4.39 Å². The third-order valence-corrected chi connectivity index (χ3v) is 7.40. The molecular weight excluding hydrogens is 480 g/mol. The SMILES string of the molecule is COc1ccnc2c1ncn2[C@@H]1O[C@H](COP(C)(=O)N[C@@H](C)C(=O)OC(C)C)C(C)(CC#N)[C@H]1F. The van der Waals surface area contributed by atoms with Gasteiger partial charge in [-0.1, -0.05) is 6.92 Å². The summed E-state index contributed by atoms with van der Waals surface area (Å²) in [5.41, 5.74) is -0.466. The second-order valence-electron chi connectivity index (χ2n) is 9.07. The van der Waals surface area contributed by atoms with E-state index in [-0.39, 0.29) is 19.1 Å². The summed E-state index contributed by atoms with van der Waals surface area (Å²) in [5, 5.41) is 12.0. The van der Waals surface area contributed by atoms with E-state index in [0.29, 0.717) is 16.9 Å². The highest BCUT2D eigenvalue weighted by molar-refractivity contribution is 7.56. The standard InChI is InChI=1S/C22H31FN5O6P/c1-13(2)33-21(29)14(3)27-35(6,30)32-11-16-22(4,8-9-24)18(23)20(34-16)28-12-26-17-15(31-5)7-10-25-19(17)28/h7,10,12-14,16,18,20H,8,11H2,1-6H3,(H,27,30)/t14-,16+,18-,20+,22?,35?/m0/s1. The Morgan fingerprint density at radius 1 is 1.43 bits per heavy atom. The summed E-state index contributed by atoms with van der Waals surface area (Å²) >= 11 is 0. The summed E-state index contributed by atoms with van der Waals surface area (Å²) in [6, 6.07) is 2.77. The number of hydrogen-bond donors (Lipinski definition) is 1. The number of carbonyl (C=O) groups excluding carboxylic acids is 1. The predicted molar refractivity (Wildman–Crippen MR) is 125 cm³/mol. The number of fused-ring (bicyclic) bond motifs is 1. The van der Waals surface area contributed by atoms with Crippen LogP contribution in [0.1, 0.15) is 40.3 Å². The number of pyridine rings is 1. The van der Waals surface area contributed by atoms with Gasteiger partial charge in [0.1, 0.15) is 17.3 Å². The Morgan fingerprint density at radius 2 is 2.14 bits per heavy atom. The third kappa shape index (κ3) is 5.64. The second-order valence-corrected chi connectivity index (χ2v) is 11.3. The molecule has 3 rings (SSSR count). The van der Waals surface area contributed by atoms with Gasteiger partial charge in [-0.25, -0.2) is 19.4 Å². The molecule has 6 atom stereocenters. The molecule has 2 aromatic rings. The van der Waals surface area contributed by atoms with Gasteiger partial charge in [0, 0.05) is 30.8 Å². The van der Waals surface area contributed by atoms with Crippen molar-refractivity contribution < 1.29 is 32.5 Å². The first-order chi connectivity index (χ1) is 16.4. The van der Waals surface area contributed by atoms with Gasteiger partial charge in [0.2, 0.25) is 0 Å². The van der Waals surface area contributed by atoms with Crippen LogP contribution in [0.25, 0.3) is 11.2 Å². The molecular formula is C22H31FN5O6P. The van der Waals surface area contributed by atoms with Gasteiger partial charge in [0.15, 0.2) is 18.0 Å². The molecule has 0 aliphatic carbocycles. The molecule has 0 saturated carbocycles. The van der Waals surface area contributed by atoms with Crippen molar-refractivity contribution in [3.8, 4) is 11.8 Å². The molecule has 0 amide bonds. The van der Waals surface area contributed by atoms with Gasteiger partial charge < -0.3 is 18.7 Å². The number of methoxy groups -OCH3 is 1. The highest BCUT2D eigenvalue weighted by Gasteiger charge is 2.55. The zero-order valence-corrected chi connectivity index (χ0v) is 21.5. The van der Waals surface area contributed by atoms with Crippen molar-refractivity contribution >= 4 is 24.7 Å². The second kappa shape index (κ2) is 10.6. The summed E-state index contributed by atoms with van der Waals surface area (Å²) in [7, 11) is -2.01. The Labute approximate surface area is 203 Å². The van der Waals surface area contributed by atoms with E-state index in [2.05, 4.69) is 15.1 Å². The van der Waals surface area contributed by atoms with E-state index in [1.54, 1.807) is 26.8 Å². The largest absolute Gasteiger partial charge is 0.494 e. The number of aromatic nitrogens is 3. The zero-order chi connectivity index (χ0) is 26.0. The van der Waals surface area contributed by atoms with Crippen molar-refractivity contribution in [1.29, 1.82) is 5.26 Å². The molecule has 11 nitrogen and oxygen atoms in total. The monoisotopic (exact) mass is 511 g/mol. The lowest BCUT2D eigenvalue weighted by Crippen LogP contribution is -2.39. The first-order valence-electron chi connectivity index (χ1n) is 11.2. The maximum atomic E-state index is 15.8. The summed E-state index contributed by atoms with van der Waals surface area (Å²) < 4.78 is 52.3. The van der Waals surface area contributed by atoms with Crippen LogP contribution in [0.4, 0.5) is 4.39 Å². The van der Waals surface area contributed by atoms with Crippen LogP contribution in [-0.2, 0) is 23.4 Å². The lowest BCUT2D eigenvalue weighted by atomic mass is 9.79. The Morgan fingerprint density at radius 3 is 2.77 bits per heavy atom. The van der Waals surface area contributed by atoms with Gasteiger partial charge in [-0.05, 0) is 20.8 Å². The number of ether oxygens (including phenoxy) is 3. The first-order valence-corrected chi connectivity index (χ1v) is 13.2. The van der Waals surface area contributed by atoms with Crippen LogP contribution in [0.3, 0.4) is 0 Å². The molecule has 35 heavy (non-hydrogen) atoms. The van der Waals surface area contributed by atoms with Gasteiger partial charge in [0.05, 0.1) is 38.3 Å². The van der Waals surface area contributed by atoms with Gasteiger partial charge in [-0.3, -0.25) is 13.9 Å². The normalized spacial score (nSPS) is 26.9. The van der Waals surface area contributed by atoms with E-state index in [4.69, 9.17) is 18.7 Å². The van der Waals surface area contributed by atoms with Crippen molar-refractivity contribution in [2.45, 2.75) is 64.8 Å². The van der Waals surface area contributed by atoms with Crippen molar-refractivity contribution in [2.75, 3.05) is 20.4 Å². The van der Waals surface area contributed by atoms with E-state index in [0.717, 1.165) is 0 Å². The quantitative estimate of drug-likeness (QED) is 0.373. The van der Waals surface area contributed by atoms with E-state index in [9.17, 15) is 14.6 Å². The fourth-order valence-corrected chi connectivity index (χ4v) is 5.26. The molecule has 3 heterocycles. The molecule has 1 fully saturated rings. The van der Waals surface area contributed by atoms with Crippen LogP contribution >= 0.6 is 7.52 Å². The number of alkyl halides is 1. The number of nitriles is 1. The molecule has 1 aliphatic rings. The molecule has 0 bridgehead atoms. The minimum atomic E-state index is -3.51. The number of rotatable bonds is 10. The Hall–Kier alpha value is -2.58. The molecule has 13 heteroatoms. The summed E-state index contributed by atoms with van der Waals surface area (Å²) in [6.07, 6.45) is -1.25. The fourth-order valence-electron chi connectivity index (χ4n) is 3.96. The molecule has 2 aromatic heterocycles. The van der Waals surface area contributed by atoms with Crippen molar-refractivity contribution in [1.82, 2.24) is 19.6 Å². The predicted octanol–water partition coefficient (Wildman–Crippen LogP) is 3.36. The highest BCUT2D eigenvalue weighted by atomic mass is 31.2. The molecule has 1 saturated heterocycles. The number of hydrogen-bond acceptors (Lipinski definition) is 9. The van der Waals surface area contributed by atoms with Crippen LogP contribution in [0.5, 0.6) is 5.75 Å². The third-order valence-electron chi connectivity index (χ3n) is 5.90. The Bertz CT molecular complexity index is 1150. The molecule has 0 aromatic carbocycles. The molecule has 1 aliphatic heterocycles. The lowest BCUT2D eigenvalue weighted by Gasteiger charge is -2.29. The fraction of sp³-hybridized carbons (Fsp3) is 0.636. The number of nitrogens with zero attached hydrogens (tertiary/aromatic N) is 4. The Kier molecular flexibility index (Phi) is 8.17. The van der Waals surface area contributed by atoms with Crippen molar-refractivity contribution in [2.24, 2.45) is 5.41 Å².